The van der Waals surface area contributed by atoms with Crippen molar-refractivity contribution in [2.24, 2.45) is 0 Å². The van der Waals surface area contributed by atoms with Crippen LogP contribution in [0, 0.1) is 0 Å². The summed E-state index contributed by atoms with van der Waals surface area (Å²) < 4.78 is 47.4. The molecule has 0 aromatic heterocycles. The predicted octanol–water partition coefficient (Wildman–Crippen LogP) is 4.29. The fourth-order valence-electron chi connectivity index (χ4n) is 2.95. The van der Waals surface area contributed by atoms with Gasteiger partial charge in [0.2, 0.25) is 5.91 Å². The molecule has 0 aliphatic heterocycles. The lowest BCUT2D eigenvalue weighted by Gasteiger charge is -2.25. The van der Waals surface area contributed by atoms with Gasteiger partial charge in [-0.15, -0.1) is 0 Å². The molecule has 1 aromatic rings. The number of carbonyl (C=O) groups is 3. The van der Waals surface area contributed by atoms with Crippen LogP contribution in [-0.2, 0) is 25.5 Å². The maximum absolute atomic E-state index is 13.0. The van der Waals surface area contributed by atoms with Crippen molar-refractivity contribution in [1.29, 1.82) is 0 Å². The number of hydrogen-bond acceptors (Lipinski definition) is 5. The van der Waals surface area contributed by atoms with E-state index in [1.807, 2.05) is 0 Å². The second-order valence-corrected chi connectivity index (χ2v) is 8.56. The van der Waals surface area contributed by atoms with Gasteiger partial charge in [-0.25, -0.2) is 9.59 Å². The zero-order valence-electron chi connectivity index (χ0n) is 19.5. The van der Waals surface area contributed by atoms with Gasteiger partial charge >= 0.3 is 18.2 Å². The molecule has 0 bridgehead atoms. The van der Waals surface area contributed by atoms with Gasteiger partial charge in [0.25, 0.3) is 0 Å². The minimum atomic E-state index is -4.29. The fraction of sp³-hybridized carbons (Fsp3) is 0.609. The van der Waals surface area contributed by atoms with Crippen LogP contribution in [0.2, 0.25) is 0 Å². The van der Waals surface area contributed by atoms with Gasteiger partial charge < -0.3 is 20.1 Å². The molecule has 186 valence electrons. The molecule has 0 aliphatic carbocycles. The number of halogens is 3. The third-order valence-corrected chi connectivity index (χ3v) is 4.38. The quantitative estimate of drug-likeness (QED) is 0.369. The Labute approximate surface area is 192 Å². The average molecular weight is 475 g/mol. The summed E-state index contributed by atoms with van der Waals surface area (Å²) in [6.07, 6.45) is -6.10. The summed E-state index contributed by atoms with van der Waals surface area (Å²) in [6.45, 7) is 6.67. The topological polar surface area (TPSA) is 93.7 Å². The van der Waals surface area contributed by atoms with E-state index in [1.165, 1.54) is 0 Å². The second kappa shape index (κ2) is 13.1. The highest BCUT2D eigenvalue weighted by molar-refractivity contribution is 5.89. The van der Waals surface area contributed by atoms with Crippen molar-refractivity contribution in [3.63, 3.8) is 0 Å². The fourth-order valence-corrected chi connectivity index (χ4v) is 2.95. The monoisotopic (exact) mass is 474 g/mol. The van der Waals surface area contributed by atoms with Crippen molar-refractivity contribution in [2.75, 3.05) is 6.61 Å². The number of ether oxygens (including phenoxy) is 2. The molecule has 7 nitrogen and oxygen atoms in total. The van der Waals surface area contributed by atoms with Crippen LogP contribution >= 0.6 is 0 Å². The number of amides is 2. The van der Waals surface area contributed by atoms with Gasteiger partial charge in [0.15, 0.2) is 0 Å². The van der Waals surface area contributed by atoms with E-state index in [2.05, 4.69) is 10.6 Å². The molecule has 2 amide bonds. The molecular weight excluding hydrogens is 441 g/mol. The molecule has 1 rings (SSSR count). The number of rotatable bonds is 11. The molecule has 10 heteroatoms. The van der Waals surface area contributed by atoms with Gasteiger partial charge in [-0.3, -0.25) is 4.79 Å². The van der Waals surface area contributed by atoms with Crippen LogP contribution in [0.4, 0.5) is 18.0 Å². The van der Waals surface area contributed by atoms with Crippen molar-refractivity contribution in [1.82, 2.24) is 10.6 Å². The summed E-state index contributed by atoms with van der Waals surface area (Å²) >= 11 is 0. The van der Waals surface area contributed by atoms with E-state index in [1.54, 1.807) is 58.0 Å². The summed E-state index contributed by atoms with van der Waals surface area (Å²) in [7, 11) is 0. The predicted molar refractivity (Wildman–Crippen MR) is 116 cm³/mol. The number of hydrogen-bond donors (Lipinski definition) is 2. The number of unbranched alkanes of at least 4 members (excludes halogenated alkanes) is 1. The van der Waals surface area contributed by atoms with Gasteiger partial charge in [-0.2, -0.15) is 13.2 Å². The van der Waals surface area contributed by atoms with Crippen molar-refractivity contribution in [2.45, 2.75) is 83.7 Å². The third kappa shape index (κ3) is 12.7. The third-order valence-electron chi connectivity index (χ3n) is 4.38. The number of benzene rings is 1. The first-order chi connectivity index (χ1) is 15.3. The normalized spacial score (nSPS) is 13.5. The Balaban J connectivity index is 2.92. The first kappa shape index (κ1) is 28.3. The van der Waals surface area contributed by atoms with E-state index < -0.39 is 48.3 Å². The van der Waals surface area contributed by atoms with Crippen LogP contribution in [0.1, 0.15) is 58.9 Å². The Hall–Kier alpha value is -2.78. The summed E-state index contributed by atoms with van der Waals surface area (Å²) in [6, 6.07) is 6.70. The largest absolute Gasteiger partial charge is 0.464 e. The standard InChI is InChI=1S/C23H33F3N2O5/c1-5-32-20(30)17(13-9-10-14-23(24,25)26)27-19(29)18(15-16-11-7-6-8-12-16)28-21(31)33-22(2,3)4/h6-8,11-12,17-18H,5,9-10,13-15H2,1-4H3,(H,27,29)(H,28,31). The van der Waals surface area contributed by atoms with Gasteiger partial charge in [0.05, 0.1) is 6.61 Å². The maximum atomic E-state index is 13.0. The van der Waals surface area contributed by atoms with Gasteiger partial charge in [-0.1, -0.05) is 36.8 Å². The maximum Gasteiger partial charge on any atom is 0.408 e. The molecule has 0 heterocycles. The summed E-state index contributed by atoms with van der Waals surface area (Å²) in [5.74, 6) is -1.41. The SMILES string of the molecule is CCOC(=O)C(CCCCC(F)(F)F)NC(=O)C(Cc1ccccc1)NC(=O)OC(C)(C)C. The second-order valence-electron chi connectivity index (χ2n) is 8.56. The highest BCUT2D eigenvalue weighted by Crippen LogP contribution is 2.23. The van der Waals surface area contributed by atoms with Crippen molar-refractivity contribution in [3.8, 4) is 0 Å². The number of nitrogens with one attached hydrogen (secondary N) is 2. The van der Waals surface area contributed by atoms with Crippen LogP contribution in [-0.4, -0.2) is 48.4 Å². The lowest BCUT2D eigenvalue weighted by Crippen LogP contribution is -2.53. The Bertz CT molecular complexity index is 764. The highest BCUT2D eigenvalue weighted by Gasteiger charge is 2.30. The lowest BCUT2D eigenvalue weighted by atomic mass is 10.0. The van der Waals surface area contributed by atoms with Crippen LogP contribution < -0.4 is 10.6 Å². The number of esters is 1. The van der Waals surface area contributed by atoms with E-state index in [4.69, 9.17) is 9.47 Å². The van der Waals surface area contributed by atoms with Crippen molar-refractivity contribution < 1.29 is 37.0 Å². The molecule has 0 aliphatic rings. The lowest BCUT2D eigenvalue weighted by molar-refractivity contribution is -0.148. The van der Waals surface area contributed by atoms with Crippen molar-refractivity contribution in [3.05, 3.63) is 35.9 Å². The first-order valence-corrected chi connectivity index (χ1v) is 10.9. The number of alkyl carbamates (subject to hydrolysis) is 1. The molecule has 0 radical (unpaired) electrons. The molecule has 2 unspecified atom stereocenters. The summed E-state index contributed by atoms with van der Waals surface area (Å²) in [4.78, 5) is 37.6. The van der Waals surface area contributed by atoms with Crippen LogP contribution in [0.3, 0.4) is 0 Å². The summed E-state index contributed by atoms with van der Waals surface area (Å²) in [5.41, 5.74) is -0.0318. The molecule has 0 spiro atoms. The molecule has 0 saturated heterocycles. The van der Waals surface area contributed by atoms with Crippen LogP contribution in [0.5, 0.6) is 0 Å². The van der Waals surface area contributed by atoms with E-state index in [-0.39, 0.29) is 32.3 Å². The van der Waals surface area contributed by atoms with E-state index in [9.17, 15) is 27.6 Å². The molecule has 2 atom stereocenters. The zero-order chi connectivity index (χ0) is 25.1. The molecule has 2 N–H and O–H groups in total. The Morgan fingerprint density at radius 1 is 0.970 bits per heavy atom. The average Bonchev–Trinajstić information content (AvgIpc) is 2.68. The summed E-state index contributed by atoms with van der Waals surface area (Å²) in [5, 5.41) is 5.03. The Kier molecular flexibility index (Phi) is 11.2. The minimum Gasteiger partial charge on any atom is -0.464 e. The van der Waals surface area contributed by atoms with E-state index >= 15 is 0 Å². The van der Waals surface area contributed by atoms with E-state index in [0.29, 0.717) is 0 Å². The Morgan fingerprint density at radius 3 is 2.15 bits per heavy atom. The number of carbonyl (C=O) groups excluding carboxylic acids is 3. The first-order valence-electron chi connectivity index (χ1n) is 10.9. The van der Waals surface area contributed by atoms with Crippen LogP contribution in [0.25, 0.3) is 0 Å². The molecule has 1 aromatic carbocycles. The number of alkyl halides is 3. The van der Waals surface area contributed by atoms with Gasteiger partial charge in [-0.05, 0) is 46.1 Å². The molecular formula is C23H33F3N2O5. The van der Waals surface area contributed by atoms with E-state index in [0.717, 1.165) is 5.56 Å². The van der Waals surface area contributed by atoms with Gasteiger partial charge in [0, 0.05) is 12.8 Å². The van der Waals surface area contributed by atoms with Crippen LogP contribution in [0.15, 0.2) is 30.3 Å². The minimum absolute atomic E-state index is 0.0227. The highest BCUT2D eigenvalue weighted by atomic mass is 19.4. The van der Waals surface area contributed by atoms with Gasteiger partial charge in [0.1, 0.15) is 17.7 Å². The molecule has 0 fully saturated rings. The molecule has 0 saturated carbocycles. The van der Waals surface area contributed by atoms with Crippen molar-refractivity contribution >= 4 is 18.0 Å². The molecule has 33 heavy (non-hydrogen) atoms. The zero-order valence-corrected chi connectivity index (χ0v) is 19.5. The smallest absolute Gasteiger partial charge is 0.408 e. The Morgan fingerprint density at radius 2 is 1.61 bits per heavy atom.